The summed E-state index contributed by atoms with van der Waals surface area (Å²) in [6, 6.07) is 0. The normalized spacial score (nSPS) is 13.9. The third-order valence-corrected chi connectivity index (χ3v) is 1.99. The summed E-state index contributed by atoms with van der Waals surface area (Å²) >= 11 is 5.58. The molecule has 2 heteroatoms. The Kier molecular flexibility index (Phi) is 7.09. The molecule has 0 saturated heterocycles. The Hall–Kier alpha value is 0.250. The molecule has 0 aliphatic heterocycles. The van der Waals surface area contributed by atoms with Gasteiger partial charge in [0.2, 0.25) is 0 Å². The summed E-state index contributed by atoms with van der Waals surface area (Å²) in [6.45, 7) is 4.43. The maximum atomic E-state index is 5.58. The molecule has 0 aromatic heterocycles. The Morgan fingerprint density at radius 2 is 2.00 bits per heavy atom. The van der Waals surface area contributed by atoms with Gasteiger partial charge < -0.3 is 4.74 Å². The largest absolute Gasteiger partial charge is 0.381 e. The second kappa shape index (κ2) is 6.93. The molecule has 0 aromatic rings. The van der Waals surface area contributed by atoms with E-state index in [1.54, 1.807) is 7.11 Å². The Labute approximate surface area is 75.1 Å². The van der Waals surface area contributed by atoms with Gasteiger partial charge in [0.25, 0.3) is 0 Å². The van der Waals surface area contributed by atoms with Crippen molar-refractivity contribution >= 4 is 11.6 Å². The summed E-state index contributed by atoms with van der Waals surface area (Å²) in [5.74, 6) is 1.47. The Bertz CT molecular complexity index is 83.6. The monoisotopic (exact) mass is 178 g/mol. The zero-order valence-electron chi connectivity index (χ0n) is 7.77. The van der Waals surface area contributed by atoms with Crippen LogP contribution in [0, 0.1) is 5.92 Å². The lowest BCUT2D eigenvalue weighted by Crippen LogP contribution is -2.13. The van der Waals surface area contributed by atoms with E-state index in [1.165, 1.54) is 0 Å². The highest BCUT2D eigenvalue weighted by Crippen LogP contribution is 2.12. The number of halogens is 1. The van der Waals surface area contributed by atoms with Gasteiger partial charge in [0.05, 0.1) is 6.10 Å². The molecule has 68 valence electrons. The van der Waals surface area contributed by atoms with E-state index in [9.17, 15) is 0 Å². The van der Waals surface area contributed by atoms with E-state index in [2.05, 4.69) is 13.8 Å². The summed E-state index contributed by atoms with van der Waals surface area (Å²) in [4.78, 5) is 0. The van der Waals surface area contributed by atoms with Crippen molar-refractivity contribution in [2.24, 2.45) is 5.92 Å². The van der Waals surface area contributed by atoms with Crippen LogP contribution in [0.25, 0.3) is 0 Å². The molecule has 0 spiro atoms. The number of rotatable bonds is 6. The topological polar surface area (TPSA) is 9.23 Å². The third-order valence-electron chi connectivity index (χ3n) is 1.73. The molecule has 1 nitrogen and oxygen atoms in total. The first-order valence-corrected chi connectivity index (χ1v) is 4.83. The molecule has 0 aliphatic carbocycles. The first-order valence-electron chi connectivity index (χ1n) is 4.29. The summed E-state index contributed by atoms with van der Waals surface area (Å²) in [5, 5.41) is 0. The Balaban J connectivity index is 3.41. The van der Waals surface area contributed by atoms with Gasteiger partial charge in [-0.05, 0) is 25.2 Å². The zero-order valence-corrected chi connectivity index (χ0v) is 8.53. The smallest absolute Gasteiger partial charge is 0.0574 e. The summed E-state index contributed by atoms with van der Waals surface area (Å²) in [5.41, 5.74) is 0. The zero-order chi connectivity index (χ0) is 8.69. The van der Waals surface area contributed by atoms with Crippen molar-refractivity contribution in [2.75, 3.05) is 13.0 Å². The quantitative estimate of drug-likeness (QED) is 0.568. The molecular weight excluding hydrogens is 160 g/mol. The van der Waals surface area contributed by atoms with Crippen molar-refractivity contribution < 1.29 is 4.74 Å². The molecule has 0 bridgehead atoms. The van der Waals surface area contributed by atoms with Crippen LogP contribution in [-0.2, 0) is 4.74 Å². The van der Waals surface area contributed by atoms with Crippen LogP contribution in [0.3, 0.4) is 0 Å². The van der Waals surface area contributed by atoms with Crippen molar-refractivity contribution in [3.63, 3.8) is 0 Å². The molecule has 1 atom stereocenters. The van der Waals surface area contributed by atoms with Gasteiger partial charge in [0.15, 0.2) is 0 Å². The van der Waals surface area contributed by atoms with E-state index in [4.69, 9.17) is 16.3 Å². The third kappa shape index (κ3) is 6.64. The number of methoxy groups -OCH3 is 1. The van der Waals surface area contributed by atoms with Gasteiger partial charge in [-0.1, -0.05) is 13.8 Å². The highest BCUT2D eigenvalue weighted by Gasteiger charge is 2.08. The summed E-state index contributed by atoms with van der Waals surface area (Å²) in [7, 11) is 1.78. The van der Waals surface area contributed by atoms with Crippen LogP contribution in [0.15, 0.2) is 0 Å². The fourth-order valence-electron chi connectivity index (χ4n) is 1.16. The lowest BCUT2D eigenvalue weighted by atomic mass is 10.0. The van der Waals surface area contributed by atoms with E-state index < -0.39 is 0 Å². The van der Waals surface area contributed by atoms with E-state index in [1.807, 2.05) is 0 Å². The lowest BCUT2D eigenvalue weighted by Gasteiger charge is -2.16. The number of ether oxygens (including phenoxy) is 1. The van der Waals surface area contributed by atoms with Crippen LogP contribution in [0.1, 0.15) is 33.1 Å². The molecule has 0 heterocycles. The lowest BCUT2D eigenvalue weighted by molar-refractivity contribution is 0.0770. The molecule has 0 saturated carbocycles. The fraction of sp³-hybridized carbons (Fsp3) is 1.00. The van der Waals surface area contributed by atoms with Gasteiger partial charge in [0, 0.05) is 13.0 Å². The second-order valence-corrected chi connectivity index (χ2v) is 3.70. The van der Waals surface area contributed by atoms with Gasteiger partial charge in [-0.3, -0.25) is 0 Å². The SMILES string of the molecule is COC(CCCCl)CC(C)C. The molecule has 0 fully saturated rings. The van der Waals surface area contributed by atoms with Crippen molar-refractivity contribution in [3.8, 4) is 0 Å². The molecular formula is C9H19ClO. The highest BCUT2D eigenvalue weighted by atomic mass is 35.5. The van der Waals surface area contributed by atoms with E-state index in [0.717, 1.165) is 31.1 Å². The van der Waals surface area contributed by atoms with Crippen molar-refractivity contribution in [1.29, 1.82) is 0 Å². The standard InChI is InChI=1S/C9H19ClO/c1-8(2)7-9(11-3)5-4-6-10/h8-9H,4-7H2,1-3H3. The highest BCUT2D eigenvalue weighted by molar-refractivity contribution is 6.17. The maximum absolute atomic E-state index is 5.58. The second-order valence-electron chi connectivity index (χ2n) is 3.32. The molecule has 1 unspecified atom stereocenters. The van der Waals surface area contributed by atoms with Crippen molar-refractivity contribution in [2.45, 2.75) is 39.2 Å². The molecule has 11 heavy (non-hydrogen) atoms. The predicted octanol–water partition coefficient (Wildman–Crippen LogP) is 3.07. The van der Waals surface area contributed by atoms with E-state index in [0.29, 0.717) is 6.10 Å². The Morgan fingerprint density at radius 1 is 1.36 bits per heavy atom. The minimum atomic E-state index is 0.411. The number of hydrogen-bond acceptors (Lipinski definition) is 1. The maximum Gasteiger partial charge on any atom is 0.0574 e. The number of alkyl halides is 1. The van der Waals surface area contributed by atoms with Gasteiger partial charge in [-0.25, -0.2) is 0 Å². The molecule has 0 radical (unpaired) electrons. The number of hydrogen-bond donors (Lipinski definition) is 0. The minimum Gasteiger partial charge on any atom is -0.381 e. The first kappa shape index (κ1) is 11.2. The molecule has 0 N–H and O–H groups in total. The van der Waals surface area contributed by atoms with Crippen LogP contribution in [0.4, 0.5) is 0 Å². The molecule has 0 aromatic carbocycles. The fourth-order valence-corrected chi connectivity index (χ4v) is 1.32. The van der Waals surface area contributed by atoms with Crippen LogP contribution in [-0.4, -0.2) is 19.1 Å². The summed E-state index contributed by atoms with van der Waals surface area (Å²) in [6.07, 6.45) is 3.71. The first-order chi connectivity index (χ1) is 5.20. The van der Waals surface area contributed by atoms with E-state index in [-0.39, 0.29) is 0 Å². The van der Waals surface area contributed by atoms with Crippen LogP contribution in [0.5, 0.6) is 0 Å². The van der Waals surface area contributed by atoms with Crippen molar-refractivity contribution in [3.05, 3.63) is 0 Å². The Morgan fingerprint density at radius 3 is 2.36 bits per heavy atom. The summed E-state index contributed by atoms with van der Waals surface area (Å²) < 4.78 is 5.30. The van der Waals surface area contributed by atoms with Crippen molar-refractivity contribution in [1.82, 2.24) is 0 Å². The average Bonchev–Trinajstić information content (AvgIpc) is 1.97. The van der Waals surface area contributed by atoms with Gasteiger partial charge in [-0.15, -0.1) is 11.6 Å². The predicted molar refractivity (Wildman–Crippen MR) is 50.2 cm³/mol. The molecule has 0 amide bonds. The minimum absolute atomic E-state index is 0.411. The van der Waals surface area contributed by atoms with Crippen LogP contribution < -0.4 is 0 Å². The van der Waals surface area contributed by atoms with Gasteiger partial charge in [0.1, 0.15) is 0 Å². The van der Waals surface area contributed by atoms with Gasteiger partial charge in [-0.2, -0.15) is 0 Å². The van der Waals surface area contributed by atoms with E-state index >= 15 is 0 Å². The van der Waals surface area contributed by atoms with Crippen LogP contribution >= 0.6 is 11.6 Å². The van der Waals surface area contributed by atoms with Gasteiger partial charge >= 0.3 is 0 Å². The molecule has 0 aliphatic rings. The molecule has 0 rings (SSSR count). The average molecular weight is 179 g/mol. The van der Waals surface area contributed by atoms with Crippen LogP contribution in [0.2, 0.25) is 0 Å².